The molecule has 2 aromatic carbocycles. The van der Waals surface area contributed by atoms with Crippen LogP contribution in [0.1, 0.15) is 37.6 Å². The van der Waals surface area contributed by atoms with Crippen LogP contribution in [0.3, 0.4) is 0 Å². The summed E-state index contributed by atoms with van der Waals surface area (Å²) in [5.74, 6) is 0.0825. The molecule has 0 aliphatic rings. The molecule has 0 saturated heterocycles. The van der Waals surface area contributed by atoms with Gasteiger partial charge in [0.15, 0.2) is 6.10 Å². The van der Waals surface area contributed by atoms with Crippen molar-refractivity contribution in [2.75, 3.05) is 5.32 Å². The largest absolute Gasteiger partial charge is 0.481 e. The second-order valence-electron chi connectivity index (χ2n) is 6.07. The first-order valence-corrected chi connectivity index (χ1v) is 8.91. The maximum absolute atomic E-state index is 12.3. The molecule has 2 amide bonds. The highest BCUT2D eigenvalue weighted by Gasteiger charge is 2.16. The molecule has 0 saturated carbocycles. The van der Waals surface area contributed by atoms with Crippen LogP contribution in [0.2, 0.25) is 5.02 Å². The standard InChI is InChI=1S/C20H23ClN2O3/c1-4-13(2)22-20(25)15-6-5-7-17(12-15)23-19(24)14(3)26-18-10-8-16(21)9-11-18/h5-14H,4H2,1-3H3,(H,22,25)(H,23,24). The van der Waals surface area contributed by atoms with E-state index in [1.54, 1.807) is 55.5 Å². The Labute approximate surface area is 158 Å². The Morgan fingerprint density at radius 2 is 1.81 bits per heavy atom. The number of hydrogen-bond acceptors (Lipinski definition) is 3. The summed E-state index contributed by atoms with van der Waals surface area (Å²) in [7, 11) is 0. The summed E-state index contributed by atoms with van der Waals surface area (Å²) in [6, 6.07) is 13.7. The lowest BCUT2D eigenvalue weighted by atomic mass is 10.1. The van der Waals surface area contributed by atoms with Gasteiger partial charge in [0.25, 0.3) is 11.8 Å². The van der Waals surface area contributed by atoms with Gasteiger partial charge in [0, 0.05) is 22.3 Å². The minimum atomic E-state index is -0.700. The molecule has 2 aromatic rings. The summed E-state index contributed by atoms with van der Waals surface area (Å²) in [6.45, 7) is 5.60. The van der Waals surface area contributed by atoms with E-state index in [9.17, 15) is 9.59 Å². The van der Waals surface area contributed by atoms with Gasteiger partial charge in [-0.3, -0.25) is 9.59 Å². The Kier molecular flexibility index (Phi) is 7.04. The van der Waals surface area contributed by atoms with Gasteiger partial charge < -0.3 is 15.4 Å². The third kappa shape index (κ3) is 5.77. The summed E-state index contributed by atoms with van der Waals surface area (Å²) in [6.07, 6.45) is 0.149. The predicted molar refractivity (Wildman–Crippen MR) is 104 cm³/mol. The summed E-state index contributed by atoms with van der Waals surface area (Å²) in [5, 5.41) is 6.26. The smallest absolute Gasteiger partial charge is 0.265 e. The van der Waals surface area contributed by atoms with E-state index >= 15 is 0 Å². The SMILES string of the molecule is CCC(C)NC(=O)c1cccc(NC(=O)C(C)Oc2ccc(Cl)cc2)c1. The normalized spacial score (nSPS) is 12.8. The molecule has 0 radical (unpaired) electrons. The van der Waals surface area contributed by atoms with E-state index in [0.717, 1.165) is 6.42 Å². The Morgan fingerprint density at radius 1 is 1.12 bits per heavy atom. The molecular weight excluding hydrogens is 352 g/mol. The van der Waals surface area contributed by atoms with Gasteiger partial charge in [-0.05, 0) is 62.7 Å². The molecule has 6 heteroatoms. The number of carbonyl (C=O) groups excluding carboxylic acids is 2. The van der Waals surface area contributed by atoms with Crippen molar-refractivity contribution in [2.45, 2.75) is 39.3 Å². The van der Waals surface area contributed by atoms with Gasteiger partial charge in [-0.25, -0.2) is 0 Å². The molecular formula is C20H23ClN2O3. The van der Waals surface area contributed by atoms with Gasteiger partial charge >= 0.3 is 0 Å². The first kappa shape index (κ1) is 19.8. The molecule has 0 fully saturated rings. The van der Waals surface area contributed by atoms with Crippen molar-refractivity contribution in [3.63, 3.8) is 0 Å². The number of nitrogens with one attached hydrogen (secondary N) is 2. The Morgan fingerprint density at radius 3 is 2.46 bits per heavy atom. The third-order valence-electron chi connectivity index (χ3n) is 3.88. The first-order chi connectivity index (χ1) is 12.4. The highest BCUT2D eigenvalue weighted by Crippen LogP contribution is 2.18. The highest BCUT2D eigenvalue weighted by molar-refractivity contribution is 6.30. The van der Waals surface area contributed by atoms with Crippen LogP contribution in [0.5, 0.6) is 5.75 Å². The summed E-state index contributed by atoms with van der Waals surface area (Å²) < 4.78 is 5.60. The number of hydrogen-bond donors (Lipinski definition) is 2. The number of carbonyl (C=O) groups is 2. The van der Waals surface area contributed by atoms with E-state index in [1.807, 2.05) is 13.8 Å². The number of ether oxygens (including phenoxy) is 1. The van der Waals surface area contributed by atoms with Gasteiger partial charge in [0.1, 0.15) is 5.75 Å². The average molecular weight is 375 g/mol. The number of halogens is 1. The third-order valence-corrected chi connectivity index (χ3v) is 4.13. The van der Waals surface area contributed by atoms with Crippen LogP contribution < -0.4 is 15.4 Å². The zero-order valence-electron chi connectivity index (χ0n) is 15.1. The molecule has 0 bridgehead atoms. The predicted octanol–water partition coefficient (Wildman–Crippen LogP) is 4.27. The quantitative estimate of drug-likeness (QED) is 0.760. The fourth-order valence-corrected chi connectivity index (χ4v) is 2.29. The Balaban J connectivity index is 1.98. The molecule has 2 unspecified atom stereocenters. The average Bonchev–Trinajstić information content (AvgIpc) is 2.63. The Hall–Kier alpha value is -2.53. The van der Waals surface area contributed by atoms with Crippen molar-refractivity contribution in [1.82, 2.24) is 5.32 Å². The van der Waals surface area contributed by atoms with Crippen molar-refractivity contribution in [3.8, 4) is 5.75 Å². The maximum atomic E-state index is 12.3. The number of anilines is 1. The molecule has 2 rings (SSSR count). The maximum Gasteiger partial charge on any atom is 0.265 e. The zero-order chi connectivity index (χ0) is 19.1. The molecule has 0 heterocycles. The van der Waals surface area contributed by atoms with Gasteiger partial charge in [-0.15, -0.1) is 0 Å². The van der Waals surface area contributed by atoms with Crippen molar-refractivity contribution < 1.29 is 14.3 Å². The molecule has 26 heavy (non-hydrogen) atoms. The monoisotopic (exact) mass is 374 g/mol. The van der Waals surface area contributed by atoms with E-state index in [4.69, 9.17) is 16.3 Å². The van der Waals surface area contributed by atoms with Crippen LogP contribution in [0.15, 0.2) is 48.5 Å². The van der Waals surface area contributed by atoms with Crippen molar-refractivity contribution >= 4 is 29.1 Å². The molecule has 0 aliphatic carbocycles. The summed E-state index contributed by atoms with van der Waals surface area (Å²) in [5.41, 5.74) is 1.03. The van der Waals surface area contributed by atoms with Gasteiger partial charge in [-0.1, -0.05) is 24.6 Å². The molecule has 2 atom stereocenters. The van der Waals surface area contributed by atoms with Crippen molar-refractivity contribution in [3.05, 3.63) is 59.1 Å². The van der Waals surface area contributed by atoms with Gasteiger partial charge in [0.2, 0.25) is 0 Å². The van der Waals surface area contributed by atoms with Crippen molar-refractivity contribution in [1.29, 1.82) is 0 Å². The lowest BCUT2D eigenvalue weighted by Crippen LogP contribution is -2.32. The topological polar surface area (TPSA) is 67.4 Å². The lowest BCUT2D eigenvalue weighted by molar-refractivity contribution is -0.122. The van der Waals surface area contributed by atoms with E-state index < -0.39 is 6.10 Å². The number of rotatable bonds is 7. The van der Waals surface area contributed by atoms with E-state index in [-0.39, 0.29) is 17.9 Å². The second kappa shape index (κ2) is 9.25. The molecule has 0 spiro atoms. The zero-order valence-corrected chi connectivity index (χ0v) is 15.8. The van der Waals surface area contributed by atoms with Crippen LogP contribution in [-0.4, -0.2) is 24.0 Å². The molecule has 2 N–H and O–H groups in total. The van der Waals surface area contributed by atoms with Crippen LogP contribution in [0, 0.1) is 0 Å². The van der Waals surface area contributed by atoms with Gasteiger partial charge in [-0.2, -0.15) is 0 Å². The van der Waals surface area contributed by atoms with Crippen LogP contribution in [0.4, 0.5) is 5.69 Å². The van der Waals surface area contributed by atoms with Crippen molar-refractivity contribution in [2.24, 2.45) is 0 Å². The fraction of sp³-hybridized carbons (Fsp3) is 0.300. The van der Waals surface area contributed by atoms with E-state index in [2.05, 4.69) is 10.6 Å². The Bertz CT molecular complexity index is 762. The van der Waals surface area contributed by atoms with Crippen LogP contribution in [0.25, 0.3) is 0 Å². The number of benzene rings is 2. The van der Waals surface area contributed by atoms with Crippen LogP contribution in [-0.2, 0) is 4.79 Å². The minimum Gasteiger partial charge on any atom is -0.481 e. The summed E-state index contributed by atoms with van der Waals surface area (Å²) >= 11 is 5.83. The second-order valence-corrected chi connectivity index (χ2v) is 6.50. The van der Waals surface area contributed by atoms with E-state index in [1.165, 1.54) is 0 Å². The minimum absolute atomic E-state index is 0.0912. The summed E-state index contributed by atoms with van der Waals surface area (Å²) in [4.78, 5) is 24.5. The number of amides is 2. The molecule has 138 valence electrons. The first-order valence-electron chi connectivity index (χ1n) is 8.53. The van der Waals surface area contributed by atoms with E-state index in [0.29, 0.717) is 22.0 Å². The fourth-order valence-electron chi connectivity index (χ4n) is 2.16. The molecule has 0 aromatic heterocycles. The lowest BCUT2D eigenvalue weighted by Gasteiger charge is -2.15. The van der Waals surface area contributed by atoms with Crippen LogP contribution >= 0.6 is 11.6 Å². The molecule has 0 aliphatic heterocycles. The highest BCUT2D eigenvalue weighted by atomic mass is 35.5. The van der Waals surface area contributed by atoms with Gasteiger partial charge in [0.05, 0.1) is 0 Å². The molecule has 5 nitrogen and oxygen atoms in total.